The average molecular weight is 261 g/mol. The largest absolute Gasteiger partial charge is 0.325 e. The summed E-state index contributed by atoms with van der Waals surface area (Å²) in [6.45, 7) is 3.40. The first-order valence-electron chi connectivity index (χ1n) is 6.94. The summed E-state index contributed by atoms with van der Waals surface area (Å²) in [7, 11) is 2.16. The fourth-order valence-corrected chi connectivity index (χ4v) is 2.11. The minimum atomic E-state index is 0.00692. The van der Waals surface area contributed by atoms with Crippen LogP contribution >= 0.6 is 0 Å². The zero-order valence-electron chi connectivity index (χ0n) is 11.7. The maximum Gasteiger partial charge on any atom is 0.238 e. The minimum absolute atomic E-state index is 0.00692. The lowest BCUT2D eigenvalue weighted by molar-refractivity contribution is -0.115. The van der Waals surface area contributed by atoms with E-state index in [1.807, 2.05) is 30.3 Å². The molecule has 0 aromatic heterocycles. The fraction of sp³-hybridized carbons (Fsp3) is 0.533. The smallest absolute Gasteiger partial charge is 0.238 e. The molecule has 1 aromatic carbocycles. The SMILES string of the molecule is CC(CNCC(=O)Nc1ccccc1)N(C)C1CC1. The normalized spacial score (nSPS) is 16.4. The van der Waals surface area contributed by atoms with Crippen LogP contribution in [-0.4, -0.2) is 43.0 Å². The van der Waals surface area contributed by atoms with Crippen LogP contribution in [0.2, 0.25) is 0 Å². The predicted molar refractivity (Wildman–Crippen MR) is 78.2 cm³/mol. The monoisotopic (exact) mass is 261 g/mol. The molecule has 1 aliphatic rings. The van der Waals surface area contributed by atoms with E-state index in [9.17, 15) is 4.79 Å². The van der Waals surface area contributed by atoms with Gasteiger partial charge in [-0.25, -0.2) is 0 Å². The van der Waals surface area contributed by atoms with Crippen molar-refractivity contribution in [3.05, 3.63) is 30.3 Å². The summed E-state index contributed by atoms with van der Waals surface area (Å²) in [6, 6.07) is 10.8. The first kappa shape index (κ1) is 14.0. The van der Waals surface area contributed by atoms with Gasteiger partial charge in [0.2, 0.25) is 5.91 Å². The van der Waals surface area contributed by atoms with Gasteiger partial charge in [-0.1, -0.05) is 18.2 Å². The van der Waals surface area contributed by atoms with Crippen molar-refractivity contribution >= 4 is 11.6 Å². The standard InChI is InChI=1S/C15H23N3O/c1-12(18(2)14-8-9-14)10-16-11-15(19)17-13-6-4-3-5-7-13/h3-7,12,14,16H,8-11H2,1-2H3,(H,17,19). The van der Waals surface area contributed by atoms with Crippen molar-refractivity contribution < 1.29 is 4.79 Å². The van der Waals surface area contributed by atoms with Crippen LogP contribution in [0.15, 0.2) is 30.3 Å². The molecule has 104 valence electrons. The molecular formula is C15H23N3O. The minimum Gasteiger partial charge on any atom is -0.325 e. The molecule has 1 atom stereocenters. The van der Waals surface area contributed by atoms with E-state index in [-0.39, 0.29) is 5.91 Å². The maximum absolute atomic E-state index is 11.7. The highest BCUT2D eigenvalue weighted by Crippen LogP contribution is 2.26. The Morgan fingerprint density at radius 3 is 2.68 bits per heavy atom. The van der Waals surface area contributed by atoms with Crippen molar-refractivity contribution in [2.24, 2.45) is 0 Å². The number of benzene rings is 1. The van der Waals surface area contributed by atoms with E-state index in [0.717, 1.165) is 18.3 Å². The molecule has 2 rings (SSSR count). The van der Waals surface area contributed by atoms with Gasteiger partial charge in [0.15, 0.2) is 0 Å². The van der Waals surface area contributed by atoms with E-state index in [4.69, 9.17) is 0 Å². The van der Waals surface area contributed by atoms with Crippen molar-refractivity contribution in [1.29, 1.82) is 0 Å². The van der Waals surface area contributed by atoms with Crippen molar-refractivity contribution in [3.63, 3.8) is 0 Å². The Morgan fingerprint density at radius 1 is 1.37 bits per heavy atom. The molecule has 4 heteroatoms. The lowest BCUT2D eigenvalue weighted by Gasteiger charge is -2.24. The number of nitrogens with one attached hydrogen (secondary N) is 2. The van der Waals surface area contributed by atoms with Gasteiger partial charge in [-0.2, -0.15) is 0 Å². The second kappa shape index (κ2) is 6.68. The third kappa shape index (κ3) is 4.65. The van der Waals surface area contributed by atoms with E-state index in [2.05, 4.69) is 29.5 Å². The number of para-hydroxylation sites is 1. The molecule has 1 fully saturated rings. The van der Waals surface area contributed by atoms with Gasteiger partial charge in [-0.3, -0.25) is 9.69 Å². The van der Waals surface area contributed by atoms with Gasteiger partial charge in [0.25, 0.3) is 0 Å². The van der Waals surface area contributed by atoms with Crippen molar-refractivity contribution in [1.82, 2.24) is 10.2 Å². The Hall–Kier alpha value is -1.39. The first-order chi connectivity index (χ1) is 9.16. The Morgan fingerprint density at radius 2 is 2.05 bits per heavy atom. The molecule has 0 spiro atoms. The number of nitrogens with zero attached hydrogens (tertiary/aromatic N) is 1. The summed E-state index contributed by atoms with van der Waals surface area (Å²) < 4.78 is 0. The van der Waals surface area contributed by atoms with Crippen molar-refractivity contribution in [2.45, 2.75) is 31.8 Å². The summed E-state index contributed by atoms with van der Waals surface area (Å²) >= 11 is 0. The number of likely N-dealkylation sites (N-methyl/N-ethyl adjacent to an activating group) is 1. The van der Waals surface area contributed by atoms with Gasteiger partial charge in [-0.15, -0.1) is 0 Å². The summed E-state index contributed by atoms with van der Waals surface area (Å²) in [5.41, 5.74) is 0.845. The second-order valence-electron chi connectivity index (χ2n) is 5.29. The lowest BCUT2D eigenvalue weighted by atomic mass is 10.3. The Bertz CT molecular complexity index is 403. The molecule has 0 aliphatic heterocycles. The van der Waals surface area contributed by atoms with Crippen LogP contribution in [-0.2, 0) is 4.79 Å². The van der Waals surface area contributed by atoms with Crippen LogP contribution in [0.4, 0.5) is 5.69 Å². The highest BCUT2D eigenvalue weighted by atomic mass is 16.1. The van der Waals surface area contributed by atoms with E-state index in [1.54, 1.807) is 0 Å². The van der Waals surface area contributed by atoms with Crippen LogP contribution < -0.4 is 10.6 Å². The Labute approximate surface area is 115 Å². The molecule has 2 N–H and O–H groups in total. The van der Waals surface area contributed by atoms with E-state index < -0.39 is 0 Å². The molecule has 0 heterocycles. The van der Waals surface area contributed by atoms with E-state index >= 15 is 0 Å². The van der Waals surface area contributed by atoms with Gasteiger partial charge < -0.3 is 10.6 Å². The molecule has 1 aliphatic carbocycles. The Kier molecular flexibility index (Phi) is 4.93. The highest BCUT2D eigenvalue weighted by Gasteiger charge is 2.28. The quantitative estimate of drug-likeness (QED) is 0.785. The number of hydrogen-bond acceptors (Lipinski definition) is 3. The number of rotatable bonds is 7. The summed E-state index contributed by atoms with van der Waals surface area (Å²) in [4.78, 5) is 14.1. The molecule has 0 radical (unpaired) electrons. The molecule has 0 saturated heterocycles. The number of anilines is 1. The van der Waals surface area contributed by atoms with Crippen LogP contribution in [0.25, 0.3) is 0 Å². The zero-order valence-corrected chi connectivity index (χ0v) is 11.7. The van der Waals surface area contributed by atoms with Gasteiger partial charge in [0, 0.05) is 24.3 Å². The average Bonchev–Trinajstić information content (AvgIpc) is 3.23. The van der Waals surface area contributed by atoms with Crippen molar-refractivity contribution in [3.8, 4) is 0 Å². The zero-order chi connectivity index (χ0) is 13.7. The number of carbonyl (C=O) groups excluding carboxylic acids is 1. The first-order valence-corrected chi connectivity index (χ1v) is 6.94. The summed E-state index contributed by atoms with van der Waals surface area (Å²) in [6.07, 6.45) is 2.63. The molecule has 4 nitrogen and oxygen atoms in total. The molecule has 1 saturated carbocycles. The number of hydrogen-bond donors (Lipinski definition) is 2. The number of amides is 1. The molecule has 1 amide bonds. The topological polar surface area (TPSA) is 44.4 Å². The summed E-state index contributed by atoms with van der Waals surface area (Å²) in [5, 5.41) is 6.08. The lowest BCUT2D eigenvalue weighted by Crippen LogP contribution is -2.41. The van der Waals surface area contributed by atoms with Crippen LogP contribution in [0.5, 0.6) is 0 Å². The Balaban J connectivity index is 1.63. The van der Waals surface area contributed by atoms with Gasteiger partial charge in [0.05, 0.1) is 6.54 Å². The third-order valence-corrected chi connectivity index (χ3v) is 3.60. The van der Waals surface area contributed by atoms with Gasteiger partial charge in [0.1, 0.15) is 0 Å². The van der Waals surface area contributed by atoms with Crippen molar-refractivity contribution in [2.75, 3.05) is 25.5 Å². The van der Waals surface area contributed by atoms with Crippen LogP contribution in [0.3, 0.4) is 0 Å². The molecule has 19 heavy (non-hydrogen) atoms. The van der Waals surface area contributed by atoms with Gasteiger partial charge in [-0.05, 0) is 38.9 Å². The second-order valence-corrected chi connectivity index (χ2v) is 5.29. The maximum atomic E-state index is 11.7. The van der Waals surface area contributed by atoms with E-state index in [0.29, 0.717) is 12.6 Å². The van der Waals surface area contributed by atoms with E-state index in [1.165, 1.54) is 12.8 Å². The van der Waals surface area contributed by atoms with Crippen LogP contribution in [0, 0.1) is 0 Å². The third-order valence-electron chi connectivity index (χ3n) is 3.60. The van der Waals surface area contributed by atoms with Crippen LogP contribution in [0.1, 0.15) is 19.8 Å². The molecule has 1 aromatic rings. The highest BCUT2D eigenvalue weighted by molar-refractivity contribution is 5.92. The number of carbonyl (C=O) groups is 1. The molecular weight excluding hydrogens is 238 g/mol. The molecule has 1 unspecified atom stereocenters. The summed E-state index contributed by atoms with van der Waals surface area (Å²) in [5.74, 6) is 0.00692. The molecule has 0 bridgehead atoms. The predicted octanol–water partition coefficient (Wildman–Crippen LogP) is 1.70. The fourth-order valence-electron chi connectivity index (χ4n) is 2.11. The van der Waals surface area contributed by atoms with Gasteiger partial charge >= 0.3 is 0 Å².